The van der Waals surface area contributed by atoms with Crippen molar-refractivity contribution in [3.8, 4) is 0 Å². The van der Waals surface area contributed by atoms with Gasteiger partial charge in [0.05, 0.1) is 18.4 Å². The third-order valence-corrected chi connectivity index (χ3v) is 6.65. The maximum absolute atomic E-state index is 13.7. The summed E-state index contributed by atoms with van der Waals surface area (Å²) in [7, 11) is 5.33. The molecule has 1 aliphatic rings. The predicted molar refractivity (Wildman–Crippen MR) is 155 cm³/mol. The zero-order chi connectivity index (χ0) is 27.1. The van der Waals surface area contributed by atoms with E-state index in [-0.39, 0.29) is 5.91 Å². The molecule has 0 saturated heterocycles. The van der Waals surface area contributed by atoms with Gasteiger partial charge in [0.15, 0.2) is 0 Å². The summed E-state index contributed by atoms with van der Waals surface area (Å²) in [5.74, 6) is -0.0740. The van der Waals surface area contributed by atoms with Crippen LogP contribution in [0.2, 0.25) is 0 Å². The number of amides is 1. The lowest BCUT2D eigenvalue weighted by molar-refractivity contribution is -0.113. The summed E-state index contributed by atoms with van der Waals surface area (Å²) < 4.78 is 4.82. The van der Waals surface area contributed by atoms with Gasteiger partial charge < -0.3 is 9.64 Å². The van der Waals surface area contributed by atoms with Gasteiger partial charge in [-0.25, -0.2) is 9.79 Å². The average molecular weight is 510 g/mol. The van der Waals surface area contributed by atoms with Crippen molar-refractivity contribution < 1.29 is 14.3 Å². The normalized spacial score (nSPS) is 14.1. The van der Waals surface area contributed by atoms with E-state index in [9.17, 15) is 9.59 Å². The van der Waals surface area contributed by atoms with Crippen LogP contribution in [-0.2, 0) is 16.0 Å². The maximum atomic E-state index is 13.7. The number of methoxy groups -OCH3 is 1. The highest BCUT2D eigenvalue weighted by Gasteiger charge is 2.32. The van der Waals surface area contributed by atoms with Gasteiger partial charge in [0, 0.05) is 25.3 Å². The molecule has 0 bridgehead atoms. The number of carbonyl (C=O) groups excluding carboxylic acids is 2. The second-order valence-electron chi connectivity index (χ2n) is 9.64. The van der Waals surface area contributed by atoms with E-state index in [0.29, 0.717) is 22.8 Å². The van der Waals surface area contributed by atoms with E-state index in [2.05, 4.69) is 19.1 Å². The molecule has 3 aromatic carbocycles. The molecule has 1 amide bonds. The summed E-state index contributed by atoms with van der Waals surface area (Å²) in [5, 5.41) is 0. The Labute approximate surface area is 225 Å². The lowest BCUT2D eigenvalue weighted by atomic mass is 10.0. The number of amidine groups is 1. The van der Waals surface area contributed by atoms with Crippen LogP contribution in [-0.4, -0.2) is 38.9 Å². The molecule has 6 nitrogen and oxygen atoms in total. The fourth-order valence-electron chi connectivity index (χ4n) is 4.42. The van der Waals surface area contributed by atoms with E-state index in [0.717, 1.165) is 23.2 Å². The van der Waals surface area contributed by atoms with Crippen molar-refractivity contribution in [2.24, 2.45) is 4.99 Å². The van der Waals surface area contributed by atoms with E-state index < -0.39 is 5.97 Å². The largest absolute Gasteiger partial charge is 0.465 e. The number of hydrogen-bond donors (Lipinski definition) is 0. The second-order valence-corrected chi connectivity index (χ2v) is 9.64. The highest BCUT2D eigenvalue weighted by molar-refractivity contribution is 6.33. The maximum Gasteiger partial charge on any atom is 0.337 e. The van der Waals surface area contributed by atoms with E-state index in [4.69, 9.17) is 9.73 Å². The number of rotatable bonds is 10. The molecule has 0 fully saturated rings. The Morgan fingerprint density at radius 2 is 1.61 bits per heavy atom. The van der Waals surface area contributed by atoms with Crippen LogP contribution in [0.5, 0.6) is 0 Å². The molecule has 0 saturated carbocycles. The molecule has 1 heterocycles. The van der Waals surface area contributed by atoms with Gasteiger partial charge in [-0.3, -0.25) is 9.69 Å². The van der Waals surface area contributed by atoms with Gasteiger partial charge in [-0.15, -0.1) is 0 Å². The molecular formula is C32H35N3O3. The molecule has 3 aromatic rings. The molecule has 0 spiro atoms. The Hall–Kier alpha value is -4.19. The summed E-state index contributed by atoms with van der Waals surface area (Å²) in [5.41, 5.74) is 5.53. The van der Waals surface area contributed by atoms with Crippen molar-refractivity contribution in [3.63, 3.8) is 0 Å². The fraction of sp³-hybridized carbons (Fsp3) is 0.281. The minimum absolute atomic E-state index is 0.217. The van der Waals surface area contributed by atoms with Crippen molar-refractivity contribution in [1.29, 1.82) is 0 Å². The first-order valence-corrected chi connectivity index (χ1v) is 13.1. The Balaban J connectivity index is 1.67. The summed E-state index contributed by atoms with van der Waals surface area (Å²) in [4.78, 5) is 34.0. The summed E-state index contributed by atoms with van der Waals surface area (Å²) in [6, 6.07) is 23.1. The Morgan fingerprint density at radius 3 is 2.21 bits per heavy atom. The van der Waals surface area contributed by atoms with Crippen molar-refractivity contribution >= 4 is 35.2 Å². The van der Waals surface area contributed by atoms with Gasteiger partial charge in [0.25, 0.3) is 5.91 Å². The molecule has 0 unspecified atom stereocenters. The van der Waals surface area contributed by atoms with E-state index >= 15 is 0 Å². The second kappa shape index (κ2) is 12.4. The Bertz CT molecular complexity index is 1320. The fourth-order valence-corrected chi connectivity index (χ4v) is 4.42. The number of unbranched alkanes of at least 4 members (excludes halogenated alkanes) is 3. The molecule has 0 aromatic heterocycles. The third kappa shape index (κ3) is 6.20. The lowest BCUT2D eigenvalue weighted by Gasteiger charge is -2.19. The molecule has 0 atom stereocenters. The lowest BCUT2D eigenvalue weighted by Crippen LogP contribution is -2.32. The van der Waals surface area contributed by atoms with E-state index in [1.807, 2.05) is 61.5 Å². The number of ether oxygens (including phenoxy) is 1. The highest BCUT2D eigenvalue weighted by Crippen LogP contribution is 2.29. The molecule has 0 aliphatic carbocycles. The number of hydrogen-bond acceptors (Lipinski definition) is 5. The van der Waals surface area contributed by atoms with Crippen LogP contribution >= 0.6 is 0 Å². The molecule has 0 radical (unpaired) electrons. The monoisotopic (exact) mass is 509 g/mol. The minimum Gasteiger partial charge on any atom is -0.465 e. The van der Waals surface area contributed by atoms with Crippen LogP contribution in [0.15, 0.2) is 83.5 Å². The van der Waals surface area contributed by atoms with Gasteiger partial charge in [-0.05, 0) is 66.4 Å². The Kier molecular flexibility index (Phi) is 8.74. The topological polar surface area (TPSA) is 62.2 Å². The molecular weight excluding hydrogens is 474 g/mol. The van der Waals surface area contributed by atoms with Gasteiger partial charge in [-0.2, -0.15) is 0 Å². The quantitative estimate of drug-likeness (QED) is 0.178. The average Bonchev–Trinajstić information content (AvgIpc) is 3.26. The highest BCUT2D eigenvalue weighted by atomic mass is 16.5. The zero-order valence-electron chi connectivity index (χ0n) is 22.6. The SMILES string of the molecule is CCCCCCc1ccc(C2=NC(=Cc3ccc(N(C)C)cc3)C(=O)N2c2ccc(C(=O)OC)cc2)cc1. The third-order valence-electron chi connectivity index (χ3n) is 6.65. The molecule has 38 heavy (non-hydrogen) atoms. The molecule has 4 rings (SSSR count). The number of carbonyl (C=O) groups is 2. The number of aryl methyl sites for hydroxylation is 1. The molecule has 0 N–H and O–H groups in total. The first-order valence-electron chi connectivity index (χ1n) is 13.1. The van der Waals surface area contributed by atoms with Crippen LogP contribution in [0, 0.1) is 0 Å². The van der Waals surface area contributed by atoms with Crippen LogP contribution < -0.4 is 9.80 Å². The number of aliphatic imine (C=N–C) groups is 1. The van der Waals surface area contributed by atoms with Crippen molar-refractivity contribution in [2.45, 2.75) is 39.0 Å². The van der Waals surface area contributed by atoms with Gasteiger partial charge in [-0.1, -0.05) is 62.6 Å². The standard InChI is InChI=1S/C32H35N3O3/c1-5-6-7-8-9-23-10-14-25(15-11-23)30-33-29(22-24-12-18-27(19-13-24)34(2)3)31(36)35(30)28-20-16-26(17-21-28)32(37)38-4/h10-22H,5-9H2,1-4H3. The van der Waals surface area contributed by atoms with Crippen LogP contribution in [0.1, 0.15) is 59.7 Å². The number of anilines is 2. The predicted octanol–water partition coefficient (Wildman–Crippen LogP) is 6.50. The minimum atomic E-state index is -0.422. The van der Waals surface area contributed by atoms with Crippen molar-refractivity contribution in [3.05, 3.63) is 101 Å². The molecule has 6 heteroatoms. The van der Waals surface area contributed by atoms with Gasteiger partial charge in [0.2, 0.25) is 0 Å². The van der Waals surface area contributed by atoms with Crippen molar-refractivity contribution in [1.82, 2.24) is 0 Å². The first kappa shape index (κ1) is 26.9. The van der Waals surface area contributed by atoms with E-state index in [1.54, 1.807) is 29.2 Å². The number of benzene rings is 3. The summed E-state index contributed by atoms with van der Waals surface area (Å²) >= 11 is 0. The Morgan fingerprint density at radius 1 is 0.921 bits per heavy atom. The van der Waals surface area contributed by atoms with Crippen LogP contribution in [0.4, 0.5) is 11.4 Å². The molecule has 196 valence electrons. The first-order chi connectivity index (χ1) is 18.4. The number of esters is 1. The van der Waals surface area contributed by atoms with E-state index in [1.165, 1.54) is 38.4 Å². The number of nitrogens with zero attached hydrogens (tertiary/aromatic N) is 3. The molecule has 1 aliphatic heterocycles. The smallest absolute Gasteiger partial charge is 0.337 e. The van der Waals surface area contributed by atoms with Gasteiger partial charge in [0.1, 0.15) is 11.5 Å². The summed E-state index contributed by atoms with van der Waals surface area (Å²) in [6.45, 7) is 2.22. The summed E-state index contributed by atoms with van der Waals surface area (Å²) in [6.07, 6.45) is 7.74. The zero-order valence-corrected chi connectivity index (χ0v) is 22.6. The van der Waals surface area contributed by atoms with Crippen molar-refractivity contribution in [2.75, 3.05) is 31.0 Å². The van der Waals surface area contributed by atoms with Crippen LogP contribution in [0.3, 0.4) is 0 Å². The van der Waals surface area contributed by atoms with Gasteiger partial charge >= 0.3 is 5.97 Å². The van der Waals surface area contributed by atoms with Crippen LogP contribution in [0.25, 0.3) is 6.08 Å².